The summed E-state index contributed by atoms with van der Waals surface area (Å²) in [6.45, 7) is 4.06. The monoisotopic (exact) mass is 292 g/mol. The molecule has 0 bridgehead atoms. The van der Waals surface area contributed by atoms with Crippen molar-refractivity contribution in [3.63, 3.8) is 0 Å². The molecule has 1 aromatic rings. The van der Waals surface area contributed by atoms with Gasteiger partial charge in [-0.2, -0.15) is 0 Å². The van der Waals surface area contributed by atoms with Crippen LogP contribution < -0.4 is 15.8 Å². The summed E-state index contributed by atoms with van der Waals surface area (Å²) in [5.74, 6) is 0.975. The van der Waals surface area contributed by atoms with Gasteiger partial charge < -0.3 is 15.8 Å². The fraction of sp³-hybridized carbons (Fsp3) is 0.467. The van der Waals surface area contributed by atoms with Crippen molar-refractivity contribution in [2.75, 3.05) is 12.4 Å². The molecule has 3 N–H and O–H groups in total. The molecule has 4 nitrogen and oxygen atoms in total. The van der Waals surface area contributed by atoms with Gasteiger partial charge in [0.1, 0.15) is 5.75 Å². The minimum atomic E-state index is -0.705. The van der Waals surface area contributed by atoms with E-state index in [0.29, 0.717) is 30.2 Å². The molecule has 20 heavy (non-hydrogen) atoms. The second-order valence-corrected chi connectivity index (χ2v) is 6.06. The number of nitrogens with two attached hydrogens (primary N) is 1. The highest BCUT2D eigenvalue weighted by Crippen LogP contribution is 2.46. The number of carbonyl (C=O) groups excluding carboxylic acids is 1. The van der Waals surface area contributed by atoms with Crippen molar-refractivity contribution in [3.05, 3.63) is 23.8 Å². The van der Waals surface area contributed by atoms with Crippen LogP contribution in [-0.2, 0) is 4.79 Å². The van der Waals surface area contributed by atoms with Crippen LogP contribution in [0.2, 0.25) is 0 Å². The lowest BCUT2D eigenvalue weighted by Crippen LogP contribution is -2.53. The molecule has 1 aromatic carbocycles. The number of nitrogens with one attached hydrogen (secondary N) is 1. The highest BCUT2D eigenvalue weighted by Gasteiger charge is 2.51. The summed E-state index contributed by atoms with van der Waals surface area (Å²) in [6, 6.07) is 5.65. The standard InChI is InChI=1S/C15H20N2O2S/c1-9-4-5-12(19-3)11(6-9)17-14(18)15(13(16)20)7-10(2)8-15/h4-6,10H,7-8H2,1-3H3,(H2,16,20)(H,17,18). The minimum Gasteiger partial charge on any atom is -0.495 e. The summed E-state index contributed by atoms with van der Waals surface area (Å²) < 4.78 is 5.27. The zero-order valence-electron chi connectivity index (χ0n) is 12.0. The third-order valence-corrected chi connectivity index (χ3v) is 4.29. The Morgan fingerprint density at radius 2 is 2.15 bits per heavy atom. The van der Waals surface area contributed by atoms with Crippen LogP contribution in [0.3, 0.4) is 0 Å². The molecule has 0 atom stereocenters. The maximum absolute atomic E-state index is 12.5. The van der Waals surface area contributed by atoms with E-state index in [9.17, 15) is 4.79 Å². The second-order valence-electron chi connectivity index (χ2n) is 5.62. The third kappa shape index (κ3) is 2.50. The predicted molar refractivity (Wildman–Crippen MR) is 84.0 cm³/mol. The number of aryl methyl sites for hydroxylation is 1. The van der Waals surface area contributed by atoms with Crippen LogP contribution in [0.5, 0.6) is 5.75 Å². The van der Waals surface area contributed by atoms with Crippen LogP contribution in [-0.4, -0.2) is 18.0 Å². The summed E-state index contributed by atoms with van der Waals surface area (Å²) in [5, 5.41) is 2.92. The molecule has 1 aliphatic carbocycles. The Kier molecular flexibility index (Phi) is 3.99. The number of hydrogen-bond donors (Lipinski definition) is 2. The first kappa shape index (κ1) is 14.8. The molecule has 1 aliphatic rings. The van der Waals surface area contributed by atoms with E-state index in [2.05, 4.69) is 12.2 Å². The summed E-state index contributed by atoms with van der Waals surface area (Å²) >= 11 is 5.10. The van der Waals surface area contributed by atoms with Crippen LogP contribution in [0, 0.1) is 18.3 Å². The van der Waals surface area contributed by atoms with Gasteiger partial charge >= 0.3 is 0 Å². The van der Waals surface area contributed by atoms with Crippen LogP contribution in [0.25, 0.3) is 0 Å². The fourth-order valence-corrected chi connectivity index (χ4v) is 3.05. The highest BCUT2D eigenvalue weighted by molar-refractivity contribution is 7.80. The molecular formula is C15H20N2O2S. The third-order valence-electron chi connectivity index (χ3n) is 3.90. The van der Waals surface area contributed by atoms with Gasteiger partial charge in [0.05, 0.1) is 23.2 Å². The van der Waals surface area contributed by atoms with Gasteiger partial charge in [0.2, 0.25) is 5.91 Å². The summed E-state index contributed by atoms with van der Waals surface area (Å²) in [7, 11) is 1.58. The second kappa shape index (κ2) is 5.40. The van der Waals surface area contributed by atoms with E-state index in [1.807, 2.05) is 25.1 Å². The Hall–Kier alpha value is -1.62. The van der Waals surface area contributed by atoms with Crippen molar-refractivity contribution >= 4 is 28.8 Å². The van der Waals surface area contributed by atoms with Gasteiger partial charge in [-0.25, -0.2) is 0 Å². The van der Waals surface area contributed by atoms with E-state index >= 15 is 0 Å². The molecule has 1 amide bonds. The van der Waals surface area contributed by atoms with Crippen molar-refractivity contribution in [1.82, 2.24) is 0 Å². The number of hydrogen-bond acceptors (Lipinski definition) is 3. The van der Waals surface area contributed by atoms with Gasteiger partial charge in [-0.3, -0.25) is 4.79 Å². The number of thiocarbonyl (C=S) groups is 1. The lowest BCUT2D eigenvalue weighted by atomic mass is 9.62. The smallest absolute Gasteiger partial charge is 0.237 e. The van der Waals surface area contributed by atoms with E-state index in [-0.39, 0.29) is 10.9 Å². The lowest BCUT2D eigenvalue weighted by molar-refractivity contribution is -0.127. The number of ether oxygens (including phenoxy) is 1. The van der Waals surface area contributed by atoms with E-state index in [1.54, 1.807) is 7.11 Å². The number of carbonyl (C=O) groups is 1. The number of rotatable bonds is 4. The molecule has 0 radical (unpaired) electrons. The van der Waals surface area contributed by atoms with E-state index in [4.69, 9.17) is 22.7 Å². The predicted octanol–water partition coefficient (Wildman–Crippen LogP) is 2.64. The van der Waals surface area contributed by atoms with Crippen molar-refractivity contribution in [3.8, 4) is 5.75 Å². The number of benzene rings is 1. The van der Waals surface area contributed by atoms with Crippen LogP contribution >= 0.6 is 12.2 Å². The number of amides is 1. The molecule has 0 spiro atoms. The average molecular weight is 292 g/mol. The Labute approximate surface area is 124 Å². The molecule has 1 saturated carbocycles. The Morgan fingerprint density at radius 1 is 1.50 bits per heavy atom. The van der Waals surface area contributed by atoms with Crippen LogP contribution in [0.15, 0.2) is 18.2 Å². The number of anilines is 1. The van der Waals surface area contributed by atoms with Gasteiger partial charge in [0.25, 0.3) is 0 Å². The van der Waals surface area contributed by atoms with E-state index in [1.165, 1.54) is 0 Å². The van der Waals surface area contributed by atoms with Gasteiger partial charge in [-0.1, -0.05) is 25.2 Å². The number of methoxy groups -OCH3 is 1. The first-order valence-corrected chi connectivity index (χ1v) is 7.06. The fourth-order valence-electron chi connectivity index (χ4n) is 2.79. The topological polar surface area (TPSA) is 64.3 Å². The zero-order valence-corrected chi connectivity index (χ0v) is 12.8. The molecule has 1 fully saturated rings. The lowest BCUT2D eigenvalue weighted by Gasteiger charge is -2.44. The molecule has 0 unspecified atom stereocenters. The van der Waals surface area contributed by atoms with Gasteiger partial charge in [0.15, 0.2) is 0 Å². The van der Waals surface area contributed by atoms with Crippen molar-refractivity contribution in [2.24, 2.45) is 17.1 Å². The van der Waals surface area contributed by atoms with Crippen molar-refractivity contribution in [2.45, 2.75) is 26.7 Å². The molecule has 108 valence electrons. The summed E-state index contributed by atoms with van der Waals surface area (Å²) in [6.07, 6.45) is 1.42. The van der Waals surface area contributed by atoms with Crippen molar-refractivity contribution < 1.29 is 9.53 Å². The normalized spacial score (nSPS) is 24.6. The largest absolute Gasteiger partial charge is 0.495 e. The van der Waals surface area contributed by atoms with Crippen molar-refractivity contribution in [1.29, 1.82) is 0 Å². The molecule has 2 rings (SSSR count). The van der Waals surface area contributed by atoms with E-state index < -0.39 is 5.41 Å². The maximum atomic E-state index is 12.5. The summed E-state index contributed by atoms with van der Waals surface area (Å²) in [5.41, 5.74) is 6.79. The Morgan fingerprint density at radius 3 is 2.65 bits per heavy atom. The SMILES string of the molecule is COc1ccc(C)cc1NC(=O)C1(C(N)=S)CC(C)C1. The molecule has 0 heterocycles. The summed E-state index contributed by atoms with van der Waals surface area (Å²) in [4.78, 5) is 12.8. The zero-order chi connectivity index (χ0) is 14.9. The van der Waals surface area contributed by atoms with Gasteiger partial charge in [0, 0.05) is 0 Å². The molecule has 0 aliphatic heterocycles. The highest BCUT2D eigenvalue weighted by atomic mass is 32.1. The van der Waals surface area contributed by atoms with Gasteiger partial charge in [-0.15, -0.1) is 0 Å². The molecule has 0 aromatic heterocycles. The first-order chi connectivity index (χ1) is 9.39. The quantitative estimate of drug-likeness (QED) is 0.837. The van der Waals surface area contributed by atoms with Gasteiger partial charge in [-0.05, 0) is 43.4 Å². The molecule has 5 heteroatoms. The maximum Gasteiger partial charge on any atom is 0.237 e. The average Bonchev–Trinajstić information content (AvgIpc) is 2.34. The molecular weight excluding hydrogens is 272 g/mol. The van der Waals surface area contributed by atoms with Crippen LogP contribution in [0.4, 0.5) is 5.69 Å². The van der Waals surface area contributed by atoms with Crippen LogP contribution in [0.1, 0.15) is 25.3 Å². The minimum absolute atomic E-state index is 0.132. The van der Waals surface area contributed by atoms with E-state index in [0.717, 1.165) is 5.56 Å². The molecule has 0 saturated heterocycles. The first-order valence-electron chi connectivity index (χ1n) is 6.65. The Balaban J connectivity index is 2.23. The Bertz CT molecular complexity index is 551.